The summed E-state index contributed by atoms with van der Waals surface area (Å²) in [4.78, 5) is 6.93. The van der Waals surface area contributed by atoms with Crippen LogP contribution in [0.4, 0.5) is 0 Å². The van der Waals surface area contributed by atoms with E-state index in [1.165, 1.54) is 9.75 Å². The molecular weight excluding hydrogens is 294 g/mol. The molecule has 2 aromatic rings. The number of rotatable bonds is 3. The molecule has 0 aliphatic heterocycles. The molecule has 5 heteroatoms. The Bertz CT molecular complexity index is 464. The minimum atomic E-state index is 0.167. The molecule has 0 saturated heterocycles. The second-order valence-electron chi connectivity index (χ2n) is 3.09. The van der Waals surface area contributed by atoms with Crippen molar-refractivity contribution < 1.29 is 5.11 Å². The second-order valence-corrected chi connectivity index (χ2v) is 6.84. The van der Waals surface area contributed by atoms with E-state index >= 15 is 0 Å². The molecule has 15 heavy (non-hydrogen) atoms. The van der Waals surface area contributed by atoms with Gasteiger partial charge in [0, 0.05) is 17.9 Å². The van der Waals surface area contributed by atoms with Gasteiger partial charge in [0.15, 0.2) is 0 Å². The van der Waals surface area contributed by atoms with Crippen molar-refractivity contribution in [3.05, 3.63) is 25.8 Å². The molecule has 0 spiro atoms. The van der Waals surface area contributed by atoms with Crippen molar-refractivity contribution in [1.82, 2.24) is 4.98 Å². The molecule has 80 valence electrons. The number of aryl methyl sites for hydroxylation is 1. The number of nitrogens with zero attached hydrogens (tertiary/aromatic N) is 1. The monoisotopic (exact) mass is 303 g/mol. The van der Waals surface area contributed by atoms with Gasteiger partial charge in [0.25, 0.3) is 0 Å². The van der Waals surface area contributed by atoms with Gasteiger partial charge in [0.1, 0.15) is 0 Å². The highest BCUT2D eigenvalue weighted by molar-refractivity contribution is 9.11. The van der Waals surface area contributed by atoms with Gasteiger partial charge in [0.2, 0.25) is 0 Å². The number of thiophene rings is 1. The van der Waals surface area contributed by atoms with Crippen molar-refractivity contribution in [3.63, 3.8) is 0 Å². The fraction of sp³-hybridized carbons (Fsp3) is 0.300. The van der Waals surface area contributed by atoms with Gasteiger partial charge in [-0.05, 0) is 35.0 Å². The number of hydrogen-bond acceptors (Lipinski definition) is 4. The SMILES string of the molecule is Cc1sc(CCO)nc1-c1ccc(Br)s1. The Morgan fingerprint density at radius 1 is 1.40 bits per heavy atom. The van der Waals surface area contributed by atoms with Crippen LogP contribution in [0.15, 0.2) is 15.9 Å². The van der Waals surface area contributed by atoms with E-state index in [4.69, 9.17) is 5.11 Å². The largest absolute Gasteiger partial charge is 0.396 e. The number of aromatic nitrogens is 1. The van der Waals surface area contributed by atoms with E-state index in [1.54, 1.807) is 22.7 Å². The Kier molecular flexibility index (Phi) is 3.56. The van der Waals surface area contributed by atoms with Gasteiger partial charge in [-0.2, -0.15) is 0 Å². The zero-order valence-electron chi connectivity index (χ0n) is 8.16. The average Bonchev–Trinajstić information content (AvgIpc) is 2.73. The minimum absolute atomic E-state index is 0.167. The normalized spacial score (nSPS) is 10.9. The van der Waals surface area contributed by atoms with Gasteiger partial charge >= 0.3 is 0 Å². The van der Waals surface area contributed by atoms with Crippen LogP contribution in [0, 0.1) is 6.92 Å². The van der Waals surface area contributed by atoms with Crippen molar-refractivity contribution in [2.75, 3.05) is 6.61 Å². The van der Waals surface area contributed by atoms with Crippen molar-refractivity contribution in [1.29, 1.82) is 0 Å². The number of thiazole rings is 1. The first-order valence-electron chi connectivity index (χ1n) is 4.53. The first kappa shape index (κ1) is 11.3. The van der Waals surface area contributed by atoms with Crippen LogP contribution in [0.1, 0.15) is 9.88 Å². The van der Waals surface area contributed by atoms with E-state index in [9.17, 15) is 0 Å². The molecule has 0 unspecified atom stereocenters. The highest BCUT2D eigenvalue weighted by atomic mass is 79.9. The molecule has 0 fully saturated rings. The summed E-state index contributed by atoms with van der Waals surface area (Å²) in [5.74, 6) is 0. The molecule has 0 bridgehead atoms. The van der Waals surface area contributed by atoms with Crippen LogP contribution in [0.25, 0.3) is 10.6 Å². The molecule has 0 atom stereocenters. The van der Waals surface area contributed by atoms with Gasteiger partial charge in [-0.25, -0.2) is 4.98 Å². The van der Waals surface area contributed by atoms with Crippen LogP contribution in [0.2, 0.25) is 0 Å². The summed E-state index contributed by atoms with van der Waals surface area (Å²) in [6.07, 6.45) is 0.651. The molecule has 0 radical (unpaired) electrons. The summed E-state index contributed by atoms with van der Waals surface area (Å²) in [6.45, 7) is 2.24. The molecule has 2 aromatic heterocycles. The molecule has 0 aromatic carbocycles. The molecule has 0 amide bonds. The van der Waals surface area contributed by atoms with Gasteiger partial charge in [0.05, 0.1) is 19.4 Å². The third-order valence-corrected chi connectivity index (χ3v) is 4.63. The molecular formula is C10H10BrNOS2. The summed E-state index contributed by atoms with van der Waals surface area (Å²) >= 11 is 6.79. The molecule has 2 heterocycles. The number of halogens is 1. The standard InChI is InChI=1S/C10H10BrNOS2/c1-6-10(7-2-3-8(11)15-7)12-9(14-6)4-5-13/h2-3,13H,4-5H2,1H3. The predicted molar refractivity (Wildman–Crippen MR) is 68.7 cm³/mol. The predicted octanol–water partition coefficient (Wildman–Crippen LogP) is 3.48. The Balaban J connectivity index is 2.35. The number of hydrogen-bond donors (Lipinski definition) is 1. The lowest BCUT2D eigenvalue weighted by Gasteiger charge is -1.91. The Morgan fingerprint density at radius 2 is 2.20 bits per heavy atom. The van der Waals surface area contributed by atoms with E-state index in [0.717, 1.165) is 14.5 Å². The molecule has 0 aliphatic carbocycles. The third-order valence-electron chi connectivity index (χ3n) is 1.97. The second kappa shape index (κ2) is 4.74. The topological polar surface area (TPSA) is 33.1 Å². The zero-order valence-corrected chi connectivity index (χ0v) is 11.4. The third kappa shape index (κ3) is 2.47. The van der Waals surface area contributed by atoms with Gasteiger partial charge in [-0.15, -0.1) is 22.7 Å². The summed E-state index contributed by atoms with van der Waals surface area (Å²) in [5.41, 5.74) is 1.05. The quantitative estimate of drug-likeness (QED) is 0.942. The minimum Gasteiger partial charge on any atom is -0.396 e. The fourth-order valence-corrected chi connectivity index (χ4v) is 3.76. The van der Waals surface area contributed by atoms with Crippen LogP contribution in [0.3, 0.4) is 0 Å². The summed E-state index contributed by atoms with van der Waals surface area (Å²) in [6, 6.07) is 4.10. The van der Waals surface area contributed by atoms with E-state index in [1.807, 2.05) is 6.07 Å². The first-order valence-corrected chi connectivity index (χ1v) is 6.96. The van der Waals surface area contributed by atoms with Gasteiger partial charge in [-0.3, -0.25) is 0 Å². The van der Waals surface area contributed by atoms with E-state index in [-0.39, 0.29) is 6.61 Å². The Labute approximate surface area is 105 Å². The number of aliphatic hydroxyl groups excluding tert-OH is 1. The van der Waals surface area contributed by atoms with E-state index in [2.05, 4.69) is 33.9 Å². The van der Waals surface area contributed by atoms with Crippen molar-refractivity contribution in [2.24, 2.45) is 0 Å². The van der Waals surface area contributed by atoms with Crippen LogP contribution >= 0.6 is 38.6 Å². The number of aliphatic hydroxyl groups is 1. The van der Waals surface area contributed by atoms with Gasteiger partial charge in [-0.1, -0.05) is 0 Å². The summed E-state index contributed by atoms with van der Waals surface area (Å²) in [7, 11) is 0. The molecule has 0 saturated carbocycles. The maximum absolute atomic E-state index is 8.86. The Hall–Kier alpha value is -0.230. The van der Waals surface area contributed by atoms with E-state index < -0.39 is 0 Å². The maximum atomic E-state index is 8.86. The van der Waals surface area contributed by atoms with Gasteiger partial charge < -0.3 is 5.11 Å². The highest BCUT2D eigenvalue weighted by Crippen LogP contribution is 2.34. The lowest BCUT2D eigenvalue weighted by Crippen LogP contribution is -1.88. The average molecular weight is 304 g/mol. The maximum Gasteiger partial charge on any atom is 0.0958 e. The van der Waals surface area contributed by atoms with Crippen molar-refractivity contribution in [3.8, 4) is 10.6 Å². The van der Waals surface area contributed by atoms with E-state index in [0.29, 0.717) is 6.42 Å². The molecule has 2 nitrogen and oxygen atoms in total. The van der Waals surface area contributed by atoms with Crippen LogP contribution in [-0.4, -0.2) is 16.7 Å². The Morgan fingerprint density at radius 3 is 2.80 bits per heavy atom. The smallest absolute Gasteiger partial charge is 0.0958 e. The summed E-state index contributed by atoms with van der Waals surface area (Å²) in [5, 5.41) is 9.87. The summed E-state index contributed by atoms with van der Waals surface area (Å²) < 4.78 is 1.12. The van der Waals surface area contributed by atoms with Crippen LogP contribution < -0.4 is 0 Å². The fourth-order valence-electron chi connectivity index (χ4n) is 1.32. The molecule has 2 rings (SSSR count). The zero-order chi connectivity index (χ0) is 10.8. The first-order chi connectivity index (χ1) is 7.20. The van der Waals surface area contributed by atoms with Crippen molar-refractivity contribution in [2.45, 2.75) is 13.3 Å². The lowest BCUT2D eigenvalue weighted by molar-refractivity contribution is 0.299. The highest BCUT2D eigenvalue weighted by Gasteiger charge is 2.11. The molecule has 0 aliphatic rings. The van der Waals surface area contributed by atoms with Crippen molar-refractivity contribution >= 4 is 38.6 Å². The van der Waals surface area contributed by atoms with Crippen LogP contribution in [-0.2, 0) is 6.42 Å². The van der Waals surface area contributed by atoms with Crippen LogP contribution in [0.5, 0.6) is 0 Å². The molecule has 1 N–H and O–H groups in total. The lowest BCUT2D eigenvalue weighted by atomic mass is 10.3.